The van der Waals surface area contributed by atoms with Gasteiger partial charge in [0.25, 0.3) is 0 Å². The molecule has 0 spiro atoms. The van der Waals surface area contributed by atoms with Crippen molar-refractivity contribution in [3.05, 3.63) is 0 Å². The third kappa shape index (κ3) is 2.26. The van der Waals surface area contributed by atoms with Crippen LogP contribution in [0.5, 0.6) is 0 Å². The molecule has 1 saturated carbocycles. The molecule has 0 radical (unpaired) electrons. The molecule has 0 aromatic rings. The Balaban J connectivity index is 2.35. The van der Waals surface area contributed by atoms with Crippen molar-refractivity contribution in [2.75, 3.05) is 19.8 Å². The molecule has 2 atom stereocenters. The number of rotatable bonds is 1. The first-order valence-electron chi connectivity index (χ1n) is 7.09. The molecule has 0 aromatic heterocycles. The van der Waals surface area contributed by atoms with Crippen LogP contribution in [0.4, 0.5) is 0 Å². The fourth-order valence-corrected chi connectivity index (χ4v) is 4.48. The fraction of sp³-hybridized carbons (Fsp3) is 1.00. The summed E-state index contributed by atoms with van der Waals surface area (Å²) in [5.41, 5.74) is 0.817. The lowest BCUT2D eigenvalue weighted by atomic mass is 9.81. The Kier molecular flexibility index (Phi) is 3.33. The van der Waals surface area contributed by atoms with Crippen molar-refractivity contribution in [1.29, 1.82) is 0 Å². The fourth-order valence-electron chi connectivity index (χ4n) is 4.48. The third-order valence-electron chi connectivity index (χ3n) is 4.91. The zero-order valence-corrected chi connectivity index (χ0v) is 12.4. The maximum Gasteiger partial charge on any atom is 0.0593 e. The van der Waals surface area contributed by atoms with Crippen molar-refractivity contribution in [2.24, 2.45) is 16.7 Å². The van der Waals surface area contributed by atoms with Crippen LogP contribution >= 0.6 is 0 Å². The van der Waals surface area contributed by atoms with E-state index in [1.54, 1.807) is 0 Å². The summed E-state index contributed by atoms with van der Waals surface area (Å²) in [6.45, 7) is 17.3. The normalized spacial score (nSPS) is 36.9. The second-order valence-corrected chi connectivity index (χ2v) is 7.61. The highest BCUT2D eigenvalue weighted by atomic mass is 16.5. The predicted molar refractivity (Wildman–Crippen MR) is 72.1 cm³/mol. The molecule has 2 rings (SSSR count). The smallest absolute Gasteiger partial charge is 0.0593 e. The SMILES string of the molecule is CC(C)N1CCOCC2C1C(C)(C)CC2(C)C. The highest BCUT2D eigenvalue weighted by molar-refractivity contribution is 5.06. The van der Waals surface area contributed by atoms with E-state index in [0.29, 0.717) is 28.8 Å². The van der Waals surface area contributed by atoms with E-state index in [1.807, 2.05) is 0 Å². The van der Waals surface area contributed by atoms with E-state index in [9.17, 15) is 0 Å². The van der Waals surface area contributed by atoms with E-state index in [4.69, 9.17) is 4.74 Å². The second kappa shape index (κ2) is 4.24. The van der Waals surface area contributed by atoms with Gasteiger partial charge in [0, 0.05) is 24.5 Å². The summed E-state index contributed by atoms with van der Waals surface area (Å²) in [4.78, 5) is 2.69. The van der Waals surface area contributed by atoms with Crippen LogP contribution in [-0.2, 0) is 4.74 Å². The maximum atomic E-state index is 5.88. The van der Waals surface area contributed by atoms with Crippen LogP contribution in [0.3, 0.4) is 0 Å². The molecule has 1 saturated heterocycles. The van der Waals surface area contributed by atoms with Crippen LogP contribution in [0.25, 0.3) is 0 Å². The molecule has 2 unspecified atom stereocenters. The number of nitrogens with zero attached hydrogens (tertiary/aromatic N) is 1. The van der Waals surface area contributed by atoms with Gasteiger partial charge in [-0.1, -0.05) is 27.7 Å². The molecule has 0 aromatic carbocycles. The minimum Gasteiger partial charge on any atom is -0.380 e. The molecule has 2 aliphatic rings. The average Bonchev–Trinajstić information content (AvgIpc) is 2.37. The van der Waals surface area contributed by atoms with Crippen LogP contribution in [0.1, 0.15) is 48.0 Å². The van der Waals surface area contributed by atoms with Gasteiger partial charge in [-0.15, -0.1) is 0 Å². The lowest BCUT2D eigenvalue weighted by molar-refractivity contribution is 0.0595. The van der Waals surface area contributed by atoms with Crippen molar-refractivity contribution < 1.29 is 4.74 Å². The van der Waals surface area contributed by atoms with Crippen molar-refractivity contribution in [1.82, 2.24) is 4.90 Å². The standard InChI is InChI=1S/C15H29NO/c1-11(2)16-7-8-17-9-12-13(16)15(5,6)10-14(12,3)4/h11-13H,7-10H2,1-6H3. The summed E-state index contributed by atoms with van der Waals surface area (Å²) in [5, 5.41) is 0. The van der Waals surface area contributed by atoms with Gasteiger partial charge in [0.1, 0.15) is 0 Å². The monoisotopic (exact) mass is 239 g/mol. The minimum atomic E-state index is 0.408. The summed E-state index contributed by atoms with van der Waals surface area (Å²) in [6.07, 6.45) is 1.31. The van der Waals surface area contributed by atoms with Gasteiger partial charge >= 0.3 is 0 Å². The van der Waals surface area contributed by atoms with Gasteiger partial charge in [0.15, 0.2) is 0 Å². The molecular formula is C15H29NO. The van der Waals surface area contributed by atoms with Crippen LogP contribution < -0.4 is 0 Å². The van der Waals surface area contributed by atoms with Crippen LogP contribution in [0, 0.1) is 16.7 Å². The van der Waals surface area contributed by atoms with E-state index < -0.39 is 0 Å². The minimum absolute atomic E-state index is 0.408. The van der Waals surface area contributed by atoms with Gasteiger partial charge in [0.05, 0.1) is 13.2 Å². The molecule has 2 nitrogen and oxygen atoms in total. The average molecular weight is 239 g/mol. The molecule has 17 heavy (non-hydrogen) atoms. The first-order chi connectivity index (χ1) is 7.76. The van der Waals surface area contributed by atoms with Crippen LogP contribution in [-0.4, -0.2) is 36.7 Å². The van der Waals surface area contributed by atoms with Crippen molar-refractivity contribution in [2.45, 2.75) is 60.0 Å². The molecular weight excluding hydrogens is 210 g/mol. The third-order valence-corrected chi connectivity index (χ3v) is 4.91. The van der Waals surface area contributed by atoms with Gasteiger partial charge in [-0.3, -0.25) is 4.90 Å². The zero-order valence-electron chi connectivity index (χ0n) is 12.4. The highest BCUT2D eigenvalue weighted by Crippen LogP contribution is 2.55. The molecule has 0 N–H and O–H groups in total. The molecule has 100 valence electrons. The highest BCUT2D eigenvalue weighted by Gasteiger charge is 2.55. The Labute approximate surface area is 107 Å². The van der Waals surface area contributed by atoms with Gasteiger partial charge in [-0.2, -0.15) is 0 Å². The Morgan fingerprint density at radius 2 is 1.76 bits per heavy atom. The second-order valence-electron chi connectivity index (χ2n) is 7.61. The van der Waals surface area contributed by atoms with Crippen molar-refractivity contribution in [3.63, 3.8) is 0 Å². The number of fused-ring (bicyclic) bond motifs is 1. The topological polar surface area (TPSA) is 12.5 Å². The Bertz CT molecular complexity index is 283. The molecule has 1 aliphatic carbocycles. The summed E-state index contributed by atoms with van der Waals surface area (Å²) in [6, 6.07) is 1.30. The Morgan fingerprint density at radius 1 is 1.12 bits per heavy atom. The molecule has 2 fully saturated rings. The summed E-state index contributed by atoms with van der Waals surface area (Å²) in [5.74, 6) is 0.683. The summed E-state index contributed by atoms with van der Waals surface area (Å²) < 4.78 is 5.88. The number of hydrogen-bond donors (Lipinski definition) is 0. The number of hydrogen-bond acceptors (Lipinski definition) is 2. The predicted octanol–water partition coefficient (Wildman–Crippen LogP) is 3.17. The van der Waals surface area contributed by atoms with Gasteiger partial charge in [0.2, 0.25) is 0 Å². The molecule has 1 heterocycles. The van der Waals surface area contributed by atoms with Gasteiger partial charge in [-0.25, -0.2) is 0 Å². The first kappa shape index (κ1) is 13.4. The molecule has 2 heteroatoms. The summed E-state index contributed by atoms with van der Waals surface area (Å²) >= 11 is 0. The van der Waals surface area contributed by atoms with Crippen LogP contribution in [0.15, 0.2) is 0 Å². The van der Waals surface area contributed by atoms with E-state index >= 15 is 0 Å². The Hall–Kier alpha value is -0.0800. The van der Waals surface area contributed by atoms with E-state index in [2.05, 4.69) is 46.4 Å². The van der Waals surface area contributed by atoms with E-state index in [0.717, 1.165) is 19.8 Å². The maximum absolute atomic E-state index is 5.88. The molecule has 0 bridgehead atoms. The number of ether oxygens (including phenoxy) is 1. The van der Waals surface area contributed by atoms with Gasteiger partial charge < -0.3 is 4.74 Å². The first-order valence-corrected chi connectivity index (χ1v) is 7.09. The van der Waals surface area contributed by atoms with E-state index in [1.165, 1.54) is 6.42 Å². The lowest BCUT2D eigenvalue weighted by Crippen LogP contribution is -2.49. The zero-order chi connectivity index (χ0) is 12.8. The Morgan fingerprint density at radius 3 is 2.35 bits per heavy atom. The quantitative estimate of drug-likeness (QED) is 0.697. The molecule has 0 amide bonds. The van der Waals surface area contributed by atoms with Crippen LogP contribution in [0.2, 0.25) is 0 Å². The molecule has 1 aliphatic heterocycles. The summed E-state index contributed by atoms with van der Waals surface area (Å²) in [7, 11) is 0. The van der Waals surface area contributed by atoms with Gasteiger partial charge in [-0.05, 0) is 31.1 Å². The lowest BCUT2D eigenvalue weighted by Gasteiger charge is -2.41. The largest absolute Gasteiger partial charge is 0.380 e. The van der Waals surface area contributed by atoms with Crippen molar-refractivity contribution >= 4 is 0 Å². The van der Waals surface area contributed by atoms with E-state index in [-0.39, 0.29) is 0 Å². The van der Waals surface area contributed by atoms with Crippen molar-refractivity contribution in [3.8, 4) is 0 Å².